The number of ether oxygens (including phenoxy) is 1. The molecule has 1 unspecified atom stereocenters. The molecule has 1 aliphatic rings. The number of aromatic nitrogens is 1. The molecule has 25 heavy (non-hydrogen) atoms. The Morgan fingerprint density at radius 2 is 2.04 bits per heavy atom. The predicted octanol–water partition coefficient (Wildman–Crippen LogP) is 4.84. The summed E-state index contributed by atoms with van der Waals surface area (Å²) in [5, 5.41) is 2.22. The van der Waals surface area contributed by atoms with Crippen molar-refractivity contribution in [1.82, 2.24) is 9.88 Å². The molecule has 128 valence electrons. The predicted molar refractivity (Wildman–Crippen MR) is 102 cm³/mol. The van der Waals surface area contributed by atoms with E-state index in [2.05, 4.69) is 52.5 Å². The average Bonchev–Trinajstić information content (AvgIpc) is 3.14. The quantitative estimate of drug-likeness (QED) is 0.658. The van der Waals surface area contributed by atoms with Gasteiger partial charge in [-0.2, -0.15) is 0 Å². The Bertz CT molecular complexity index is 813. The van der Waals surface area contributed by atoms with Crippen molar-refractivity contribution in [3.63, 3.8) is 0 Å². The molecular weight excluding hydrogens is 328 g/mol. The summed E-state index contributed by atoms with van der Waals surface area (Å²) in [5.74, 6) is 0.890. The highest BCUT2D eigenvalue weighted by atomic mass is 32.1. The largest absolute Gasteiger partial charge is 0.487 e. The SMILES string of the molecule is CC1c2ccsc2CCN1Cc1ccc(OCc2ccccn2)cc1. The second kappa shape index (κ2) is 7.38. The van der Waals surface area contributed by atoms with E-state index in [1.807, 2.05) is 29.5 Å². The van der Waals surface area contributed by atoms with Crippen LogP contribution in [0.5, 0.6) is 5.75 Å². The Morgan fingerprint density at radius 1 is 1.16 bits per heavy atom. The number of hydrogen-bond donors (Lipinski definition) is 0. The number of nitrogens with zero attached hydrogens (tertiary/aromatic N) is 2. The zero-order valence-electron chi connectivity index (χ0n) is 14.4. The fourth-order valence-corrected chi connectivity index (χ4v) is 4.31. The van der Waals surface area contributed by atoms with Crippen molar-refractivity contribution in [2.24, 2.45) is 0 Å². The maximum atomic E-state index is 5.82. The van der Waals surface area contributed by atoms with Crippen LogP contribution in [-0.2, 0) is 19.6 Å². The van der Waals surface area contributed by atoms with Gasteiger partial charge in [-0.25, -0.2) is 0 Å². The van der Waals surface area contributed by atoms with Gasteiger partial charge in [0.15, 0.2) is 0 Å². The van der Waals surface area contributed by atoms with Gasteiger partial charge in [0.1, 0.15) is 12.4 Å². The highest BCUT2D eigenvalue weighted by Crippen LogP contribution is 2.33. The summed E-state index contributed by atoms with van der Waals surface area (Å²) in [6.07, 6.45) is 2.96. The molecule has 0 radical (unpaired) electrons. The molecule has 4 rings (SSSR count). The van der Waals surface area contributed by atoms with Crippen molar-refractivity contribution < 1.29 is 4.74 Å². The smallest absolute Gasteiger partial charge is 0.130 e. The van der Waals surface area contributed by atoms with E-state index in [1.54, 1.807) is 11.1 Å². The number of rotatable bonds is 5. The Balaban J connectivity index is 1.36. The third-order valence-corrected chi connectivity index (χ3v) is 5.82. The van der Waals surface area contributed by atoms with Crippen LogP contribution < -0.4 is 4.74 Å². The van der Waals surface area contributed by atoms with Crippen LogP contribution in [0.1, 0.15) is 34.7 Å². The number of hydrogen-bond acceptors (Lipinski definition) is 4. The maximum Gasteiger partial charge on any atom is 0.130 e. The first-order chi connectivity index (χ1) is 12.3. The molecular formula is C21H22N2OS. The summed E-state index contributed by atoms with van der Waals surface area (Å²) in [7, 11) is 0. The minimum Gasteiger partial charge on any atom is -0.487 e. The molecule has 0 N–H and O–H groups in total. The highest BCUT2D eigenvalue weighted by molar-refractivity contribution is 7.10. The van der Waals surface area contributed by atoms with Gasteiger partial charge in [0.2, 0.25) is 0 Å². The molecule has 1 atom stereocenters. The Hall–Kier alpha value is -2.17. The van der Waals surface area contributed by atoms with Gasteiger partial charge in [-0.3, -0.25) is 9.88 Å². The van der Waals surface area contributed by atoms with Gasteiger partial charge >= 0.3 is 0 Å². The highest BCUT2D eigenvalue weighted by Gasteiger charge is 2.24. The van der Waals surface area contributed by atoms with E-state index in [0.29, 0.717) is 12.6 Å². The molecule has 1 aromatic carbocycles. The normalized spacial score (nSPS) is 17.2. The van der Waals surface area contributed by atoms with Gasteiger partial charge in [0.25, 0.3) is 0 Å². The van der Waals surface area contributed by atoms with Crippen molar-refractivity contribution in [2.75, 3.05) is 6.54 Å². The third-order valence-electron chi connectivity index (χ3n) is 4.83. The molecule has 3 aromatic rings. The molecule has 3 heterocycles. The van der Waals surface area contributed by atoms with Crippen molar-refractivity contribution >= 4 is 11.3 Å². The first-order valence-electron chi connectivity index (χ1n) is 8.71. The lowest BCUT2D eigenvalue weighted by Crippen LogP contribution is -2.32. The van der Waals surface area contributed by atoms with Crippen LogP contribution >= 0.6 is 11.3 Å². The molecule has 4 heteroatoms. The van der Waals surface area contributed by atoms with Crippen LogP contribution in [-0.4, -0.2) is 16.4 Å². The molecule has 0 bridgehead atoms. The van der Waals surface area contributed by atoms with Gasteiger partial charge < -0.3 is 4.74 Å². The van der Waals surface area contributed by atoms with Crippen LogP contribution in [0.15, 0.2) is 60.1 Å². The minimum atomic E-state index is 0.495. The average molecular weight is 350 g/mol. The molecule has 0 saturated heterocycles. The van der Waals surface area contributed by atoms with E-state index in [-0.39, 0.29) is 0 Å². The zero-order valence-corrected chi connectivity index (χ0v) is 15.2. The lowest BCUT2D eigenvalue weighted by atomic mass is 10.0. The fourth-order valence-electron chi connectivity index (χ4n) is 3.34. The number of thiophene rings is 1. The van der Waals surface area contributed by atoms with E-state index in [9.17, 15) is 0 Å². The second-order valence-electron chi connectivity index (χ2n) is 6.45. The van der Waals surface area contributed by atoms with E-state index in [4.69, 9.17) is 4.74 Å². The zero-order chi connectivity index (χ0) is 17.1. The van der Waals surface area contributed by atoms with Gasteiger partial charge in [-0.1, -0.05) is 18.2 Å². The van der Waals surface area contributed by atoms with Crippen LogP contribution in [0.25, 0.3) is 0 Å². The third kappa shape index (κ3) is 3.75. The summed E-state index contributed by atoms with van der Waals surface area (Å²) < 4.78 is 5.82. The lowest BCUT2D eigenvalue weighted by Gasteiger charge is -2.33. The fraction of sp³-hybridized carbons (Fsp3) is 0.286. The van der Waals surface area contributed by atoms with E-state index < -0.39 is 0 Å². The van der Waals surface area contributed by atoms with Crippen molar-refractivity contribution in [2.45, 2.75) is 32.5 Å². The van der Waals surface area contributed by atoms with E-state index in [1.165, 1.54) is 17.5 Å². The number of benzene rings is 1. The summed E-state index contributed by atoms with van der Waals surface area (Å²) >= 11 is 1.89. The first kappa shape index (κ1) is 16.3. The second-order valence-corrected chi connectivity index (χ2v) is 7.45. The molecule has 3 nitrogen and oxygen atoms in total. The van der Waals surface area contributed by atoms with Crippen LogP contribution in [0.4, 0.5) is 0 Å². The number of pyridine rings is 1. The van der Waals surface area contributed by atoms with Gasteiger partial charge in [0.05, 0.1) is 5.69 Å². The van der Waals surface area contributed by atoms with E-state index in [0.717, 1.165) is 24.5 Å². The summed E-state index contributed by atoms with van der Waals surface area (Å²) in [4.78, 5) is 8.39. The molecule has 0 fully saturated rings. The van der Waals surface area contributed by atoms with E-state index >= 15 is 0 Å². The first-order valence-corrected chi connectivity index (χ1v) is 9.59. The maximum absolute atomic E-state index is 5.82. The Labute approximate surface area is 152 Å². The van der Waals surface area contributed by atoms with Gasteiger partial charge in [-0.05, 0) is 60.2 Å². The molecule has 1 aliphatic heterocycles. The molecule has 2 aromatic heterocycles. The molecule has 0 aliphatic carbocycles. The van der Waals surface area contributed by atoms with Crippen molar-refractivity contribution in [3.05, 3.63) is 81.8 Å². The molecule has 0 amide bonds. The van der Waals surface area contributed by atoms with Crippen molar-refractivity contribution in [3.8, 4) is 5.75 Å². The summed E-state index contributed by atoms with van der Waals surface area (Å²) in [6.45, 7) is 4.93. The standard InChI is InChI=1S/C21H22N2OS/c1-16-20-10-13-25-21(20)9-12-23(16)14-17-5-7-19(8-6-17)24-15-18-4-2-3-11-22-18/h2-8,10-11,13,16H,9,12,14-15H2,1H3. The van der Waals surface area contributed by atoms with Crippen LogP contribution in [0.3, 0.4) is 0 Å². The van der Waals surface area contributed by atoms with Crippen LogP contribution in [0.2, 0.25) is 0 Å². The summed E-state index contributed by atoms with van der Waals surface area (Å²) in [6, 6.07) is 17.1. The summed E-state index contributed by atoms with van der Waals surface area (Å²) in [5.41, 5.74) is 3.78. The Kier molecular flexibility index (Phi) is 4.81. The monoisotopic (exact) mass is 350 g/mol. The topological polar surface area (TPSA) is 25.4 Å². The molecule has 0 spiro atoms. The Morgan fingerprint density at radius 3 is 2.84 bits per heavy atom. The van der Waals surface area contributed by atoms with Gasteiger partial charge in [-0.15, -0.1) is 11.3 Å². The molecule has 0 saturated carbocycles. The van der Waals surface area contributed by atoms with Gasteiger partial charge in [0, 0.05) is 30.2 Å². The lowest BCUT2D eigenvalue weighted by molar-refractivity contribution is 0.191. The van der Waals surface area contributed by atoms with Crippen molar-refractivity contribution in [1.29, 1.82) is 0 Å². The van der Waals surface area contributed by atoms with Crippen LogP contribution in [0, 0.1) is 0 Å². The minimum absolute atomic E-state index is 0.495. The number of fused-ring (bicyclic) bond motifs is 1.